The van der Waals surface area contributed by atoms with Crippen LogP contribution in [0.2, 0.25) is 0 Å². The lowest BCUT2D eigenvalue weighted by atomic mass is 10.3. The van der Waals surface area contributed by atoms with Gasteiger partial charge < -0.3 is 15.1 Å². The molecular weight excluding hydrogens is 312 g/mol. The number of rotatable bonds is 3. The van der Waals surface area contributed by atoms with E-state index in [0.717, 1.165) is 41.8 Å². The van der Waals surface area contributed by atoms with Crippen molar-refractivity contribution in [3.8, 4) is 0 Å². The van der Waals surface area contributed by atoms with Crippen LogP contribution in [0.25, 0.3) is 0 Å². The molecule has 122 valence electrons. The van der Waals surface area contributed by atoms with Crippen molar-refractivity contribution in [3.05, 3.63) is 29.8 Å². The number of urea groups is 1. The number of aromatic nitrogens is 3. The number of nitrogens with zero attached hydrogens (tertiary/aromatic N) is 5. The number of hydrogen-bond donors (Lipinski definition) is 1. The first-order chi connectivity index (χ1) is 11.2. The number of anilines is 2. The van der Waals surface area contributed by atoms with Gasteiger partial charge in [-0.3, -0.25) is 4.98 Å². The van der Waals surface area contributed by atoms with Crippen LogP contribution in [0.4, 0.5) is 15.6 Å². The van der Waals surface area contributed by atoms with E-state index in [1.54, 1.807) is 12.3 Å². The molecule has 0 saturated carbocycles. The maximum Gasteiger partial charge on any atom is 0.321 e. The summed E-state index contributed by atoms with van der Waals surface area (Å²) in [6.45, 7) is 6.87. The largest absolute Gasteiger partial charge is 0.343 e. The van der Waals surface area contributed by atoms with Crippen LogP contribution in [0.3, 0.4) is 0 Å². The lowest BCUT2D eigenvalue weighted by Gasteiger charge is -2.34. The zero-order valence-electron chi connectivity index (χ0n) is 13.3. The quantitative estimate of drug-likeness (QED) is 0.932. The summed E-state index contributed by atoms with van der Waals surface area (Å²) in [4.78, 5) is 25.0. The Labute approximate surface area is 139 Å². The molecule has 0 aromatic carbocycles. The monoisotopic (exact) mass is 332 g/mol. The molecule has 2 aromatic heterocycles. The summed E-state index contributed by atoms with van der Waals surface area (Å²) in [7, 11) is 0. The molecule has 2 aromatic rings. The highest BCUT2D eigenvalue weighted by Crippen LogP contribution is 2.19. The molecule has 0 unspecified atom stereocenters. The molecule has 1 aliphatic rings. The average Bonchev–Trinajstić information content (AvgIpc) is 3.04. The number of pyridine rings is 1. The van der Waals surface area contributed by atoms with E-state index in [0.29, 0.717) is 13.1 Å². The van der Waals surface area contributed by atoms with Gasteiger partial charge in [-0.05, 0) is 19.1 Å². The molecule has 1 N–H and O–H groups in total. The summed E-state index contributed by atoms with van der Waals surface area (Å²) in [5.74, 6) is 0.887. The average molecular weight is 332 g/mol. The van der Waals surface area contributed by atoms with Crippen molar-refractivity contribution < 1.29 is 4.79 Å². The molecule has 0 atom stereocenters. The number of carbonyl (C=O) groups is 1. The molecule has 23 heavy (non-hydrogen) atoms. The fraction of sp³-hybridized carbons (Fsp3) is 0.467. The molecule has 1 fully saturated rings. The van der Waals surface area contributed by atoms with Gasteiger partial charge in [0.25, 0.3) is 0 Å². The molecule has 8 heteroatoms. The van der Waals surface area contributed by atoms with Gasteiger partial charge in [0.1, 0.15) is 5.82 Å². The molecule has 2 amide bonds. The summed E-state index contributed by atoms with van der Waals surface area (Å²) < 4.78 is 4.32. The highest BCUT2D eigenvalue weighted by atomic mass is 32.1. The molecule has 7 nitrogen and oxygen atoms in total. The fourth-order valence-corrected chi connectivity index (χ4v) is 3.24. The van der Waals surface area contributed by atoms with E-state index in [1.807, 2.05) is 17.9 Å². The van der Waals surface area contributed by atoms with Crippen LogP contribution in [0.15, 0.2) is 18.3 Å². The van der Waals surface area contributed by atoms with Crippen molar-refractivity contribution in [1.29, 1.82) is 0 Å². The Bertz CT molecular complexity index is 680. The van der Waals surface area contributed by atoms with Crippen molar-refractivity contribution >= 4 is 28.4 Å². The van der Waals surface area contributed by atoms with Crippen molar-refractivity contribution in [3.63, 3.8) is 0 Å². The number of piperazine rings is 1. The molecule has 3 rings (SSSR count). The number of nitrogens with one attached hydrogen (secondary N) is 1. The Hall–Kier alpha value is -2.22. The van der Waals surface area contributed by atoms with E-state index >= 15 is 0 Å². The standard InChI is InChI=1S/C15H20N6OS/c1-3-13-18-15(23-19-13)21-8-6-20(7-9-21)14(22)17-12-4-5-16-11(2)10-12/h4-5,10H,3,6-9H2,1-2H3,(H,16,17,22). The number of aryl methyl sites for hydroxylation is 2. The minimum Gasteiger partial charge on any atom is -0.343 e. The summed E-state index contributed by atoms with van der Waals surface area (Å²) in [6.07, 6.45) is 2.55. The van der Waals surface area contributed by atoms with Gasteiger partial charge in [0.15, 0.2) is 0 Å². The Morgan fingerprint density at radius 2 is 2.13 bits per heavy atom. The van der Waals surface area contributed by atoms with Crippen LogP contribution in [0, 0.1) is 6.92 Å². The predicted molar refractivity (Wildman–Crippen MR) is 91.1 cm³/mol. The van der Waals surface area contributed by atoms with Crippen LogP contribution in [0.5, 0.6) is 0 Å². The Morgan fingerprint density at radius 3 is 2.78 bits per heavy atom. The van der Waals surface area contributed by atoms with Gasteiger partial charge in [-0.15, -0.1) is 0 Å². The minimum absolute atomic E-state index is 0.0678. The van der Waals surface area contributed by atoms with Crippen LogP contribution in [0.1, 0.15) is 18.4 Å². The van der Waals surface area contributed by atoms with Gasteiger partial charge in [-0.2, -0.15) is 4.37 Å². The molecular formula is C15H20N6OS. The third-order valence-corrected chi connectivity index (χ3v) is 4.57. The van der Waals surface area contributed by atoms with Crippen molar-refractivity contribution in [1.82, 2.24) is 19.2 Å². The minimum atomic E-state index is -0.0678. The molecule has 1 saturated heterocycles. The Balaban J connectivity index is 1.55. The van der Waals surface area contributed by atoms with E-state index in [1.165, 1.54) is 11.5 Å². The maximum absolute atomic E-state index is 12.3. The highest BCUT2D eigenvalue weighted by Gasteiger charge is 2.23. The lowest BCUT2D eigenvalue weighted by molar-refractivity contribution is 0.208. The van der Waals surface area contributed by atoms with Gasteiger partial charge >= 0.3 is 6.03 Å². The summed E-state index contributed by atoms with van der Waals surface area (Å²) in [6, 6.07) is 3.60. The zero-order chi connectivity index (χ0) is 16.2. The third-order valence-electron chi connectivity index (χ3n) is 3.76. The SMILES string of the molecule is CCc1nsc(N2CCN(C(=O)Nc3ccnc(C)c3)CC2)n1. The second-order valence-electron chi connectivity index (χ2n) is 5.44. The predicted octanol–water partition coefficient (Wildman–Crippen LogP) is 2.16. The van der Waals surface area contributed by atoms with Gasteiger partial charge in [0.05, 0.1) is 0 Å². The van der Waals surface area contributed by atoms with Gasteiger partial charge in [0.2, 0.25) is 5.13 Å². The first-order valence-electron chi connectivity index (χ1n) is 7.72. The smallest absolute Gasteiger partial charge is 0.321 e. The van der Waals surface area contributed by atoms with E-state index in [2.05, 4.69) is 31.5 Å². The van der Waals surface area contributed by atoms with Gasteiger partial charge in [0, 0.05) is 61.7 Å². The van der Waals surface area contributed by atoms with E-state index in [9.17, 15) is 4.79 Å². The van der Waals surface area contributed by atoms with Crippen LogP contribution >= 0.6 is 11.5 Å². The van der Waals surface area contributed by atoms with E-state index in [4.69, 9.17) is 0 Å². The molecule has 0 bridgehead atoms. The van der Waals surface area contributed by atoms with Crippen LogP contribution in [-0.2, 0) is 6.42 Å². The molecule has 0 radical (unpaired) electrons. The third kappa shape index (κ3) is 3.76. The Morgan fingerprint density at radius 1 is 1.35 bits per heavy atom. The second kappa shape index (κ2) is 6.91. The second-order valence-corrected chi connectivity index (χ2v) is 6.17. The van der Waals surface area contributed by atoms with E-state index < -0.39 is 0 Å². The number of carbonyl (C=O) groups excluding carboxylic acids is 1. The first kappa shape index (κ1) is 15.7. The van der Waals surface area contributed by atoms with Crippen LogP contribution in [-0.4, -0.2) is 51.5 Å². The Kier molecular flexibility index (Phi) is 4.71. The van der Waals surface area contributed by atoms with Crippen LogP contribution < -0.4 is 10.2 Å². The first-order valence-corrected chi connectivity index (χ1v) is 8.49. The maximum atomic E-state index is 12.3. The normalized spacial score (nSPS) is 14.9. The fourth-order valence-electron chi connectivity index (χ4n) is 2.44. The van der Waals surface area contributed by atoms with E-state index in [-0.39, 0.29) is 6.03 Å². The van der Waals surface area contributed by atoms with Crippen molar-refractivity contribution in [2.45, 2.75) is 20.3 Å². The molecule has 3 heterocycles. The topological polar surface area (TPSA) is 74.2 Å². The van der Waals surface area contributed by atoms with Crippen molar-refractivity contribution in [2.24, 2.45) is 0 Å². The summed E-state index contributed by atoms with van der Waals surface area (Å²) >= 11 is 1.43. The molecule has 1 aliphatic heterocycles. The van der Waals surface area contributed by atoms with Gasteiger partial charge in [-0.25, -0.2) is 9.78 Å². The number of amides is 2. The summed E-state index contributed by atoms with van der Waals surface area (Å²) in [5.41, 5.74) is 1.66. The highest BCUT2D eigenvalue weighted by molar-refractivity contribution is 7.09. The molecule has 0 aliphatic carbocycles. The lowest BCUT2D eigenvalue weighted by Crippen LogP contribution is -2.50. The molecule has 0 spiro atoms. The van der Waals surface area contributed by atoms with Gasteiger partial charge in [-0.1, -0.05) is 6.92 Å². The number of hydrogen-bond acceptors (Lipinski definition) is 6. The van der Waals surface area contributed by atoms with Crippen molar-refractivity contribution in [2.75, 3.05) is 36.4 Å². The summed E-state index contributed by atoms with van der Waals surface area (Å²) in [5, 5.41) is 3.87. The zero-order valence-corrected chi connectivity index (χ0v) is 14.1.